The normalized spacial score (nSPS) is 10.8. The number of anilines is 1. The summed E-state index contributed by atoms with van der Waals surface area (Å²) >= 11 is 7.19. The molecule has 0 saturated heterocycles. The van der Waals surface area contributed by atoms with E-state index in [1.807, 2.05) is 24.3 Å². The highest BCUT2D eigenvalue weighted by Gasteiger charge is 2.06. The molecular formula is C11H12ClN3S. The Morgan fingerprint density at radius 3 is 2.56 bits per heavy atom. The van der Waals surface area contributed by atoms with Crippen LogP contribution < -0.4 is 5.32 Å². The molecule has 0 unspecified atom stereocenters. The van der Waals surface area contributed by atoms with Crippen molar-refractivity contribution in [1.29, 1.82) is 0 Å². The predicted molar refractivity (Wildman–Crippen MR) is 69.1 cm³/mol. The molecule has 84 valence electrons. The minimum atomic E-state index is 0.367. The summed E-state index contributed by atoms with van der Waals surface area (Å²) in [5, 5.41) is 4.79. The lowest BCUT2D eigenvalue weighted by Gasteiger charge is -2.03. The molecule has 0 bridgehead atoms. The molecule has 16 heavy (non-hydrogen) atoms. The van der Waals surface area contributed by atoms with E-state index in [-0.39, 0.29) is 0 Å². The van der Waals surface area contributed by atoms with E-state index < -0.39 is 0 Å². The van der Waals surface area contributed by atoms with E-state index in [1.54, 1.807) is 0 Å². The highest BCUT2D eigenvalue weighted by molar-refractivity contribution is 7.09. The molecular weight excluding hydrogens is 242 g/mol. The van der Waals surface area contributed by atoms with Crippen molar-refractivity contribution in [2.75, 3.05) is 5.32 Å². The molecule has 1 heterocycles. The Morgan fingerprint density at radius 2 is 1.94 bits per heavy atom. The Bertz CT molecular complexity index is 464. The lowest BCUT2D eigenvalue weighted by molar-refractivity contribution is 0.896. The number of rotatable bonds is 3. The Labute approximate surface area is 104 Å². The van der Waals surface area contributed by atoms with Gasteiger partial charge in [-0.1, -0.05) is 11.6 Å². The van der Waals surface area contributed by atoms with E-state index in [4.69, 9.17) is 11.6 Å². The SMILES string of the molecule is CC(C)Nc1nc(-c2ccc(Cl)cc2)ns1. The molecule has 0 saturated carbocycles. The first kappa shape index (κ1) is 11.4. The van der Waals surface area contributed by atoms with Crippen LogP contribution in [-0.2, 0) is 0 Å². The van der Waals surface area contributed by atoms with Crippen LogP contribution in [0.3, 0.4) is 0 Å². The van der Waals surface area contributed by atoms with Gasteiger partial charge in [0, 0.05) is 28.2 Å². The van der Waals surface area contributed by atoms with E-state index in [9.17, 15) is 0 Å². The molecule has 0 aliphatic rings. The van der Waals surface area contributed by atoms with Crippen LogP contribution in [0.4, 0.5) is 5.13 Å². The highest BCUT2D eigenvalue weighted by atomic mass is 35.5. The zero-order chi connectivity index (χ0) is 11.5. The molecule has 2 rings (SSSR count). The second-order valence-electron chi connectivity index (χ2n) is 3.73. The summed E-state index contributed by atoms with van der Waals surface area (Å²) in [7, 11) is 0. The number of benzene rings is 1. The Balaban J connectivity index is 2.21. The number of aromatic nitrogens is 2. The predicted octanol–water partition coefficient (Wildman–Crippen LogP) is 3.68. The van der Waals surface area contributed by atoms with Crippen molar-refractivity contribution in [3.63, 3.8) is 0 Å². The minimum Gasteiger partial charge on any atom is -0.358 e. The summed E-state index contributed by atoms with van der Waals surface area (Å²) in [5.74, 6) is 0.741. The molecule has 0 aliphatic heterocycles. The van der Waals surface area contributed by atoms with Crippen LogP contribution in [-0.4, -0.2) is 15.4 Å². The lowest BCUT2D eigenvalue weighted by Crippen LogP contribution is -2.08. The van der Waals surface area contributed by atoms with Crippen LogP contribution in [0.2, 0.25) is 5.02 Å². The maximum Gasteiger partial charge on any atom is 0.203 e. The third kappa shape index (κ3) is 2.71. The van der Waals surface area contributed by atoms with Crippen LogP contribution in [0.15, 0.2) is 24.3 Å². The monoisotopic (exact) mass is 253 g/mol. The zero-order valence-electron chi connectivity index (χ0n) is 9.07. The second-order valence-corrected chi connectivity index (χ2v) is 4.92. The molecule has 1 aromatic heterocycles. The lowest BCUT2D eigenvalue weighted by atomic mass is 10.2. The first-order chi connectivity index (χ1) is 7.65. The van der Waals surface area contributed by atoms with Gasteiger partial charge in [0.1, 0.15) is 0 Å². The molecule has 5 heteroatoms. The van der Waals surface area contributed by atoms with E-state index in [0.717, 1.165) is 21.5 Å². The van der Waals surface area contributed by atoms with Gasteiger partial charge in [0.15, 0.2) is 5.82 Å². The largest absolute Gasteiger partial charge is 0.358 e. The van der Waals surface area contributed by atoms with Crippen molar-refractivity contribution in [2.45, 2.75) is 19.9 Å². The van der Waals surface area contributed by atoms with Crippen molar-refractivity contribution in [3.05, 3.63) is 29.3 Å². The summed E-state index contributed by atoms with van der Waals surface area (Å²) in [6.07, 6.45) is 0. The summed E-state index contributed by atoms with van der Waals surface area (Å²) in [4.78, 5) is 4.40. The molecule has 0 spiro atoms. The zero-order valence-corrected chi connectivity index (χ0v) is 10.6. The average Bonchev–Trinajstić information content (AvgIpc) is 2.66. The summed E-state index contributed by atoms with van der Waals surface area (Å²) < 4.78 is 4.29. The number of halogens is 1. The standard InChI is InChI=1S/C11H12ClN3S/c1-7(2)13-11-14-10(15-16-11)8-3-5-9(12)6-4-8/h3-7H,1-2H3,(H,13,14,15). The number of nitrogens with zero attached hydrogens (tertiary/aromatic N) is 2. The molecule has 0 radical (unpaired) electrons. The molecule has 3 nitrogen and oxygen atoms in total. The molecule has 0 fully saturated rings. The van der Waals surface area contributed by atoms with Gasteiger partial charge >= 0.3 is 0 Å². The second kappa shape index (κ2) is 4.80. The Kier molecular flexibility index (Phi) is 3.41. The molecule has 0 amide bonds. The fourth-order valence-electron chi connectivity index (χ4n) is 1.25. The Morgan fingerprint density at radius 1 is 1.25 bits per heavy atom. The van der Waals surface area contributed by atoms with Gasteiger partial charge in [0.05, 0.1) is 0 Å². The van der Waals surface area contributed by atoms with Gasteiger partial charge in [0.2, 0.25) is 5.13 Å². The smallest absolute Gasteiger partial charge is 0.203 e. The van der Waals surface area contributed by atoms with Gasteiger partial charge < -0.3 is 5.32 Å². The maximum absolute atomic E-state index is 5.82. The van der Waals surface area contributed by atoms with Crippen LogP contribution in [0.1, 0.15) is 13.8 Å². The number of hydrogen-bond donors (Lipinski definition) is 1. The van der Waals surface area contributed by atoms with Gasteiger partial charge in [-0.25, -0.2) is 0 Å². The van der Waals surface area contributed by atoms with Gasteiger partial charge in [-0.15, -0.1) is 0 Å². The average molecular weight is 254 g/mol. The van der Waals surface area contributed by atoms with Crippen LogP contribution in [0.25, 0.3) is 11.4 Å². The molecule has 1 aromatic carbocycles. The summed E-state index contributed by atoms with van der Waals surface area (Å²) in [5.41, 5.74) is 0.984. The van der Waals surface area contributed by atoms with Crippen molar-refractivity contribution >= 4 is 28.3 Å². The fourth-order valence-corrected chi connectivity index (χ4v) is 2.11. The molecule has 1 N–H and O–H groups in total. The topological polar surface area (TPSA) is 37.8 Å². The van der Waals surface area contributed by atoms with Gasteiger partial charge in [0.25, 0.3) is 0 Å². The van der Waals surface area contributed by atoms with Gasteiger partial charge in [-0.05, 0) is 38.1 Å². The van der Waals surface area contributed by atoms with E-state index in [1.165, 1.54) is 11.5 Å². The summed E-state index contributed by atoms with van der Waals surface area (Å²) in [6.45, 7) is 4.15. The van der Waals surface area contributed by atoms with Crippen molar-refractivity contribution in [1.82, 2.24) is 9.36 Å². The number of nitrogens with one attached hydrogen (secondary N) is 1. The van der Waals surface area contributed by atoms with Crippen LogP contribution in [0.5, 0.6) is 0 Å². The third-order valence-electron chi connectivity index (χ3n) is 1.94. The highest BCUT2D eigenvalue weighted by Crippen LogP contribution is 2.22. The number of hydrogen-bond acceptors (Lipinski definition) is 4. The fraction of sp³-hybridized carbons (Fsp3) is 0.273. The minimum absolute atomic E-state index is 0.367. The van der Waals surface area contributed by atoms with E-state index in [0.29, 0.717) is 6.04 Å². The van der Waals surface area contributed by atoms with Crippen LogP contribution >= 0.6 is 23.1 Å². The third-order valence-corrected chi connectivity index (χ3v) is 2.84. The summed E-state index contributed by atoms with van der Waals surface area (Å²) in [6, 6.07) is 7.89. The van der Waals surface area contributed by atoms with Gasteiger partial charge in [-0.2, -0.15) is 9.36 Å². The van der Waals surface area contributed by atoms with Crippen LogP contribution in [0, 0.1) is 0 Å². The molecule has 0 aliphatic carbocycles. The first-order valence-corrected chi connectivity index (χ1v) is 6.16. The van der Waals surface area contributed by atoms with Crippen molar-refractivity contribution in [2.24, 2.45) is 0 Å². The first-order valence-electron chi connectivity index (χ1n) is 5.01. The van der Waals surface area contributed by atoms with Gasteiger partial charge in [-0.3, -0.25) is 0 Å². The van der Waals surface area contributed by atoms with Crippen molar-refractivity contribution < 1.29 is 0 Å². The maximum atomic E-state index is 5.82. The quantitative estimate of drug-likeness (QED) is 0.907. The molecule has 0 atom stereocenters. The Hall–Kier alpha value is -1.13. The van der Waals surface area contributed by atoms with E-state index in [2.05, 4.69) is 28.5 Å². The van der Waals surface area contributed by atoms with Crippen molar-refractivity contribution in [3.8, 4) is 11.4 Å². The molecule has 2 aromatic rings. The van der Waals surface area contributed by atoms with E-state index >= 15 is 0 Å².